The summed E-state index contributed by atoms with van der Waals surface area (Å²) >= 11 is 0. The van der Waals surface area contributed by atoms with Crippen molar-refractivity contribution < 1.29 is 8.78 Å². The van der Waals surface area contributed by atoms with E-state index in [4.69, 9.17) is 0 Å². The van der Waals surface area contributed by atoms with E-state index < -0.39 is 11.6 Å². The first-order valence-electron chi connectivity index (χ1n) is 8.52. The average Bonchev–Trinajstić information content (AvgIpc) is 3.29. The molecule has 4 rings (SSSR count). The van der Waals surface area contributed by atoms with E-state index in [1.165, 1.54) is 0 Å². The van der Waals surface area contributed by atoms with Crippen molar-refractivity contribution in [3.8, 4) is 17.1 Å². The van der Waals surface area contributed by atoms with Gasteiger partial charge in [0.05, 0.1) is 11.9 Å². The van der Waals surface area contributed by atoms with E-state index >= 15 is 0 Å². The largest absolute Gasteiger partial charge is 0.309 e. The van der Waals surface area contributed by atoms with Crippen LogP contribution in [-0.2, 0) is 7.05 Å². The van der Waals surface area contributed by atoms with Crippen molar-refractivity contribution in [2.75, 3.05) is 5.32 Å². The number of benzene rings is 1. The number of halogens is 2. The molecule has 28 heavy (non-hydrogen) atoms. The molecule has 1 radical (unpaired) electrons. The maximum atomic E-state index is 13.8. The van der Waals surface area contributed by atoms with Crippen LogP contribution < -0.4 is 5.32 Å². The van der Waals surface area contributed by atoms with E-state index in [0.717, 1.165) is 23.5 Å². The number of hydrogen-bond donors (Lipinski definition) is 1. The second-order valence-electron chi connectivity index (χ2n) is 6.35. The summed E-state index contributed by atoms with van der Waals surface area (Å²) in [6.07, 6.45) is 5.17. The minimum absolute atomic E-state index is 0.388. The molecule has 0 aliphatic rings. The van der Waals surface area contributed by atoms with Crippen molar-refractivity contribution in [1.29, 1.82) is 0 Å². The van der Waals surface area contributed by atoms with Crippen LogP contribution in [0.5, 0.6) is 0 Å². The second kappa shape index (κ2) is 6.88. The quantitative estimate of drug-likeness (QED) is 0.578. The topological polar surface area (TPSA) is 60.6 Å². The van der Waals surface area contributed by atoms with Gasteiger partial charge in [-0.05, 0) is 43.7 Å². The molecule has 0 saturated heterocycles. The van der Waals surface area contributed by atoms with Crippen molar-refractivity contribution in [3.63, 3.8) is 0 Å². The number of aryl methyl sites for hydroxylation is 2. The Kier molecular flexibility index (Phi) is 4.38. The Labute approximate surface area is 160 Å². The van der Waals surface area contributed by atoms with Gasteiger partial charge in [0.1, 0.15) is 11.6 Å². The van der Waals surface area contributed by atoms with E-state index in [1.54, 1.807) is 47.0 Å². The lowest BCUT2D eigenvalue weighted by molar-refractivity contribution is 0.508. The van der Waals surface area contributed by atoms with Crippen LogP contribution in [0.4, 0.5) is 20.5 Å². The van der Waals surface area contributed by atoms with E-state index in [1.807, 2.05) is 13.0 Å². The molecule has 4 aromatic rings. The highest BCUT2D eigenvalue weighted by Crippen LogP contribution is 2.29. The predicted molar refractivity (Wildman–Crippen MR) is 102 cm³/mol. The van der Waals surface area contributed by atoms with Crippen molar-refractivity contribution in [2.24, 2.45) is 7.05 Å². The first kappa shape index (κ1) is 17.8. The summed E-state index contributed by atoms with van der Waals surface area (Å²) in [4.78, 5) is 8.91. The van der Waals surface area contributed by atoms with Gasteiger partial charge >= 0.3 is 0 Å². The summed E-state index contributed by atoms with van der Waals surface area (Å²) in [5, 5.41) is 7.21. The molecule has 0 aliphatic heterocycles. The number of rotatable bonds is 4. The van der Waals surface area contributed by atoms with Crippen LogP contribution in [-0.4, -0.2) is 24.3 Å². The Morgan fingerprint density at radius 3 is 2.68 bits per heavy atom. The Balaban J connectivity index is 1.79. The Morgan fingerprint density at radius 1 is 1.14 bits per heavy atom. The van der Waals surface area contributed by atoms with Gasteiger partial charge in [0.25, 0.3) is 0 Å². The minimum atomic E-state index is -0.923. The fraction of sp³-hybridized carbons (Fsp3) is 0.100. The number of hydrogen-bond acceptors (Lipinski definition) is 4. The molecule has 3 heterocycles. The number of aromatic nitrogens is 5. The van der Waals surface area contributed by atoms with Gasteiger partial charge in [-0.3, -0.25) is 4.68 Å². The lowest BCUT2D eigenvalue weighted by Crippen LogP contribution is -2.08. The predicted octanol–water partition coefficient (Wildman–Crippen LogP) is 4.18. The van der Waals surface area contributed by atoms with Gasteiger partial charge in [-0.25, -0.2) is 13.8 Å². The van der Waals surface area contributed by atoms with Crippen LogP contribution in [0.25, 0.3) is 17.1 Å². The Bertz CT molecular complexity index is 1160. The standard InChI is InChI=1S/C20H17F2N6/c1-12-9-15(21)16(22)10-14(12)17-5-4-8-28(17)19-13(2)11-23-20(26-19)25-18-6-7-24-27(18)3/h4-11H,1H2,2-3H3,(H,23,25,26). The number of nitrogens with zero attached hydrogens (tertiary/aromatic N) is 5. The zero-order valence-corrected chi connectivity index (χ0v) is 15.3. The van der Waals surface area contributed by atoms with Crippen molar-refractivity contribution in [2.45, 2.75) is 6.92 Å². The van der Waals surface area contributed by atoms with Crippen LogP contribution in [0.3, 0.4) is 0 Å². The van der Waals surface area contributed by atoms with Gasteiger partial charge in [-0.15, -0.1) is 0 Å². The minimum Gasteiger partial charge on any atom is -0.309 e. The lowest BCUT2D eigenvalue weighted by Gasteiger charge is -2.14. The molecule has 0 aliphatic carbocycles. The van der Waals surface area contributed by atoms with Crippen LogP contribution in [0.1, 0.15) is 11.1 Å². The average molecular weight is 379 g/mol. The number of nitrogens with one attached hydrogen (secondary N) is 1. The third kappa shape index (κ3) is 3.13. The first-order chi connectivity index (χ1) is 13.4. The molecule has 1 N–H and O–H groups in total. The lowest BCUT2D eigenvalue weighted by atomic mass is 10.1. The Morgan fingerprint density at radius 2 is 1.93 bits per heavy atom. The molecule has 0 atom stereocenters. The highest BCUT2D eigenvalue weighted by atomic mass is 19.2. The maximum absolute atomic E-state index is 13.8. The molecule has 0 saturated carbocycles. The smallest absolute Gasteiger partial charge is 0.230 e. The number of anilines is 2. The normalized spacial score (nSPS) is 11.0. The fourth-order valence-corrected chi connectivity index (χ4v) is 2.96. The molecule has 0 unspecified atom stereocenters. The molecule has 0 fully saturated rings. The summed E-state index contributed by atoms with van der Waals surface area (Å²) in [5.74, 6) is -0.100. The molecule has 3 aromatic heterocycles. The second-order valence-corrected chi connectivity index (χ2v) is 6.35. The van der Waals surface area contributed by atoms with Crippen LogP contribution in [0.15, 0.2) is 48.9 Å². The third-order valence-electron chi connectivity index (χ3n) is 4.40. The van der Waals surface area contributed by atoms with E-state index in [-0.39, 0.29) is 0 Å². The molecule has 0 spiro atoms. The fourth-order valence-electron chi connectivity index (χ4n) is 2.96. The molecule has 0 bridgehead atoms. The van der Waals surface area contributed by atoms with Crippen molar-refractivity contribution in [1.82, 2.24) is 24.3 Å². The third-order valence-corrected chi connectivity index (χ3v) is 4.40. The van der Waals surface area contributed by atoms with Crippen LogP contribution in [0, 0.1) is 25.5 Å². The van der Waals surface area contributed by atoms with Crippen molar-refractivity contribution >= 4 is 11.8 Å². The molecular weight excluding hydrogens is 362 g/mol. The van der Waals surface area contributed by atoms with Gasteiger partial charge in [0, 0.05) is 36.6 Å². The summed E-state index contributed by atoms with van der Waals surface area (Å²) in [6.45, 7) is 5.72. The summed E-state index contributed by atoms with van der Waals surface area (Å²) in [5.41, 5.74) is 2.35. The molecule has 141 valence electrons. The zero-order chi connectivity index (χ0) is 19.8. The van der Waals surface area contributed by atoms with Crippen molar-refractivity contribution in [3.05, 3.63) is 78.6 Å². The van der Waals surface area contributed by atoms with Gasteiger partial charge in [0.15, 0.2) is 11.6 Å². The van der Waals surface area contributed by atoms with E-state index in [9.17, 15) is 8.78 Å². The van der Waals surface area contributed by atoms with Gasteiger partial charge < -0.3 is 9.88 Å². The monoisotopic (exact) mass is 379 g/mol. The first-order valence-corrected chi connectivity index (χ1v) is 8.52. The maximum Gasteiger partial charge on any atom is 0.230 e. The summed E-state index contributed by atoms with van der Waals surface area (Å²) in [7, 11) is 1.81. The highest BCUT2D eigenvalue weighted by molar-refractivity contribution is 5.68. The Hall–Kier alpha value is -3.55. The van der Waals surface area contributed by atoms with Gasteiger partial charge in [-0.2, -0.15) is 10.1 Å². The zero-order valence-electron chi connectivity index (χ0n) is 15.3. The van der Waals surface area contributed by atoms with Crippen LogP contribution in [0.2, 0.25) is 0 Å². The van der Waals surface area contributed by atoms with E-state index in [0.29, 0.717) is 28.6 Å². The molecular formula is C20H17F2N6. The highest BCUT2D eigenvalue weighted by Gasteiger charge is 2.15. The van der Waals surface area contributed by atoms with Gasteiger partial charge in [-0.1, -0.05) is 0 Å². The summed E-state index contributed by atoms with van der Waals surface area (Å²) < 4.78 is 30.8. The molecule has 8 heteroatoms. The van der Waals surface area contributed by atoms with Crippen LogP contribution >= 0.6 is 0 Å². The molecule has 0 amide bonds. The van der Waals surface area contributed by atoms with E-state index in [2.05, 4.69) is 27.3 Å². The SMILES string of the molecule is [CH2]c1cc(F)c(F)cc1-c1cccn1-c1nc(Nc2ccnn2C)ncc1C. The van der Waals surface area contributed by atoms with Gasteiger partial charge in [0.2, 0.25) is 5.95 Å². The summed E-state index contributed by atoms with van der Waals surface area (Å²) in [6, 6.07) is 7.66. The molecule has 6 nitrogen and oxygen atoms in total. The molecule has 1 aromatic carbocycles.